The fraction of sp³-hybridized carbons (Fsp3) is 0.400. The van der Waals surface area contributed by atoms with Gasteiger partial charge in [0.2, 0.25) is 0 Å². The highest BCUT2D eigenvalue weighted by Gasteiger charge is 1.95. The van der Waals surface area contributed by atoms with Crippen molar-refractivity contribution in [3.63, 3.8) is 0 Å². The predicted molar refractivity (Wildman–Crippen MR) is 57.4 cm³/mol. The summed E-state index contributed by atoms with van der Waals surface area (Å²) in [6.07, 6.45) is 0. The number of hydrogen-bond acceptors (Lipinski definition) is 2. The molecule has 0 amide bonds. The second kappa shape index (κ2) is 5.37. The highest BCUT2D eigenvalue weighted by atomic mass is 79.9. The lowest BCUT2D eigenvalue weighted by Crippen LogP contribution is -2.21. The van der Waals surface area contributed by atoms with Crippen LogP contribution in [0.5, 0.6) is 0 Å². The van der Waals surface area contributed by atoms with Gasteiger partial charge in [-0.2, -0.15) is 0 Å². The molecule has 0 heterocycles. The van der Waals surface area contributed by atoms with Crippen LogP contribution < -0.4 is 5.73 Å². The Morgan fingerprint density at radius 3 is 2.54 bits per heavy atom. The average molecular weight is 244 g/mol. The summed E-state index contributed by atoms with van der Waals surface area (Å²) in [7, 11) is 0. The third-order valence-electron chi connectivity index (χ3n) is 1.56. The maximum Gasteiger partial charge on any atom is 0.0717 e. The summed E-state index contributed by atoms with van der Waals surface area (Å²) in [6.45, 7) is 3.17. The van der Waals surface area contributed by atoms with E-state index in [4.69, 9.17) is 10.5 Å². The molecule has 2 N–H and O–H groups in total. The number of benzene rings is 1. The average Bonchev–Trinajstić information content (AvgIpc) is 2.08. The largest absolute Gasteiger partial charge is 0.375 e. The lowest BCUT2D eigenvalue weighted by atomic mass is 10.2. The summed E-state index contributed by atoms with van der Waals surface area (Å²) in [5.74, 6) is 0. The van der Waals surface area contributed by atoms with Crippen molar-refractivity contribution in [1.29, 1.82) is 0 Å². The number of hydrogen-bond donors (Lipinski definition) is 1. The van der Waals surface area contributed by atoms with Gasteiger partial charge in [0.1, 0.15) is 0 Å². The first-order chi connectivity index (χ1) is 6.18. The standard InChI is InChI=1S/C10H14BrNO/c1-8(12)6-13-7-9-2-4-10(11)5-3-9/h2-5,8H,6-7,12H2,1H3/t8-/m0/s1. The fourth-order valence-corrected chi connectivity index (χ4v) is 1.21. The van der Waals surface area contributed by atoms with E-state index in [1.54, 1.807) is 0 Å². The number of rotatable bonds is 4. The normalized spacial score (nSPS) is 12.8. The number of nitrogens with two attached hydrogens (primary N) is 1. The summed E-state index contributed by atoms with van der Waals surface area (Å²) in [5, 5.41) is 0. The minimum Gasteiger partial charge on any atom is -0.375 e. The van der Waals surface area contributed by atoms with Gasteiger partial charge in [0, 0.05) is 10.5 Å². The zero-order valence-corrected chi connectivity index (χ0v) is 9.25. The van der Waals surface area contributed by atoms with Gasteiger partial charge in [-0.3, -0.25) is 0 Å². The molecule has 1 atom stereocenters. The Kier molecular flexibility index (Phi) is 4.42. The highest BCUT2D eigenvalue weighted by molar-refractivity contribution is 9.10. The van der Waals surface area contributed by atoms with Crippen LogP contribution in [0.4, 0.5) is 0 Å². The first-order valence-electron chi connectivity index (χ1n) is 4.26. The Balaban J connectivity index is 2.33. The monoisotopic (exact) mass is 243 g/mol. The number of ether oxygens (including phenoxy) is 1. The van der Waals surface area contributed by atoms with E-state index >= 15 is 0 Å². The van der Waals surface area contributed by atoms with Crippen LogP contribution in [-0.2, 0) is 11.3 Å². The minimum atomic E-state index is 0.107. The van der Waals surface area contributed by atoms with E-state index in [-0.39, 0.29) is 6.04 Å². The van der Waals surface area contributed by atoms with Gasteiger partial charge in [-0.15, -0.1) is 0 Å². The first kappa shape index (κ1) is 10.7. The Bertz CT molecular complexity index is 246. The molecule has 3 heteroatoms. The Morgan fingerprint density at radius 2 is 2.00 bits per heavy atom. The Morgan fingerprint density at radius 1 is 1.38 bits per heavy atom. The van der Waals surface area contributed by atoms with Crippen LogP contribution in [0.25, 0.3) is 0 Å². The predicted octanol–water partition coefficient (Wildman–Crippen LogP) is 2.31. The fourth-order valence-electron chi connectivity index (χ4n) is 0.943. The molecule has 0 fully saturated rings. The molecule has 0 aliphatic heterocycles. The van der Waals surface area contributed by atoms with Crippen molar-refractivity contribution in [2.45, 2.75) is 19.6 Å². The molecular weight excluding hydrogens is 230 g/mol. The molecule has 13 heavy (non-hydrogen) atoms. The quantitative estimate of drug-likeness (QED) is 0.882. The van der Waals surface area contributed by atoms with Gasteiger partial charge in [0.05, 0.1) is 13.2 Å². The summed E-state index contributed by atoms with van der Waals surface area (Å²) in [6, 6.07) is 8.18. The van der Waals surface area contributed by atoms with E-state index in [2.05, 4.69) is 15.9 Å². The zero-order valence-electron chi connectivity index (χ0n) is 7.66. The zero-order chi connectivity index (χ0) is 9.68. The lowest BCUT2D eigenvalue weighted by molar-refractivity contribution is 0.111. The second-order valence-electron chi connectivity index (χ2n) is 3.12. The molecule has 0 unspecified atom stereocenters. The van der Waals surface area contributed by atoms with E-state index in [9.17, 15) is 0 Å². The molecule has 2 nitrogen and oxygen atoms in total. The van der Waals surface area contributed by atoms with E-state index < -0.39 is 0 Å². The molecule has 0 spiro atoms. The van der Waals surface area contributed by atoms with Crippen molar-refractivity contribution >= 4 is 15.9 Å². The van der Waals surface area contributed by atoms with E-state index in [0.29, 0.717) is 13.2 Å². The van der Waals surface area contributed by atoms with Crippen LogP contribution in [0, 0.1) is 0 Å². The van der Waals surface area contributed by atoms with Crippen molar-refractivity contribution < 1.29 is 4.74 Å². The molecule has 1 aromatic carbocycles. The maximum absolute atomic E-state index is 5.55. The second-order valence-corrected chi connectivity index (χ2v) is 4.03. The van der Waals surface area contributed by atoms with Gasteiger partial charge < -0.3 is 10.5 Å². The third kappa shape index (κ3) is 4.41. The smallest absolute Gasteiger partial charge is 0.0717 e. The molecule has 0 aliphatic carbocycles. The molecule has 0 aromatic heterocycles. The van der Waals surface area contributed by atoms with Gasteiger partial charge in [0.15, 0.2) is 0 Å². The Labute approximate surface area is 87.2 Å². The van der Waals surface area contributed by atoms with Gasteiger partial charge in [-0.25, -0.2) is 0 Å². The van der Waals surface area contributed by atoms with Crippen LogP contribution in [0.2, 0.25) is 0 Å². The molecule has 0 bridgehead atoms. The van der Waals surface area contributed by atoms with Crippen LogP contribution in [0.15, 0.2) is 28.7 Å². The molecule has 1 rings (SSSR count). The Hall–Kier alpha value is -0.380. The van der Waals surface area contributed by atoms with Gasteiger partial charge in [-0.05, 0) is 24.6 Å². The molecule has 0 saturated heterocycles. The van der Waals surface area contributed by atoms with Crippen LogP contribution in [0.3, 0.4) is 0 Å². The third-order valence-corrected chi connectivity index (χ3v) is 2.09. The van der Waals surface area contributed by atoms with Crippen molar-refractivity contribution in [1.82, 2.24) is 0 Å². The van der Waals surface area contributed by atoms with Gasteiger partial charge in [-0.1, -0.05) is 28.1 Å². The van der Waals surface area contributed by atoms with E-state index in [1.807, 2.05) is 31.2 Å². The van der Waals surface area contributed by atoms with Crippen molar-refractivity contribution in [3.8, 4) is 0 Å². The summed E-state index contributed by atoms with van der Waals surface area (Å²) >= 11 is 3.38. The molecule has 0 saturated carbocycles. The lowest BCUT2D eigenvalue weighted by Gasteiger charge is -2.06. The molecule has 0 radical (unpaired) electrons. The molecular formula is C10H14BrNO. The van der Waals surface area contributed by atoms with Crippen molar-refractivity contribution in [2.75, 3.05) is 6.61 Å². The SMILES string of the molecule is C[C@H](N)COCc1ccc(Br)cc1. The van der Waals surface area contributed by atoms with E-state index in [0.717, 1.165) is 4.47 Å². The number of halogens is 1. The molecule has 0 aliphatic rings. The van der Waals surface area contributed by atoms with Gasteiger partial charge >= 0.3 is 0 Å². The molecule has 72 valence electrons. The van der Waals surface area contributed by atoms with Crippen molar-refractivity contribution in [2.24, 2.45) is 5.73 Å². The van der Waals surface area contributed by atoms with Crippen LogP contribution in [0.1, 0.15) is 12.5 Å². The minimum absolute atomic E-state index is 0.107. The topological polar surface area (TPSA) is 35.2 Å². The summed E-state index contributed by atoms with van der Waals surface area (Å²) < 4.78 is 6.47. The summed E-state index contributed by atoms with van der Waals surface area (Å²) in [4.78, 5) is 0. The highest BCUT2D eigenvalue weighted by Crippen LogP contribution is 2.10. The van der Waals surface area contributed by atoms with E-state index in [1.165, 1.54) is 5.56 Å². The maximum atomic E-state index is 5.55. The van der Waals surface area contributed by atoms with Crippen molar-refractivity contribution in [3.05, 3.63) is 34.3 Å². The van der Waals surface area contributed by atoms with Gasteiger partial charge in [0.25, 0.3) is 0 Å². The van der Waals surface area contributed by atoms with Crippen LogP contribution >= 0.6 is 15.9 Å². The first-order valence-corrected chi connectivity index (χ1v) is 5.05. The molecule has 1 aromatic rings. The van der Waals surface area contributed by atoms with Crippen LogP contribution in [-0.4, -0.2) is 12.6 Å². The summed E-state index contributed by atoms with van der Waals surface area (Å²) in [5.41, 5.74) is 6.72.